The summed E-state index contributed by atoms with van der Waals surface area (Å²) < 4.78 is 12.5. The number of nitrogens with zero attached hydrogens (tertiary/aromatic N) is 3. The van der Waals surface area contributed by atoms with Crippen LogP contribution in [0, 0.1) is 10.1 Å². The van der Waals surface area contributed by atoms with Crippen molar-refractivity contribution >= 4 is 28.9 Å². The van der Waals surface area contributed by atoms with Crippen LogP contribution in [0.25, 0.3) is 17.0 Å². The first-order valence-corrected chi connectivity index (χ1v) is 8.52. The van der Waals surface area contributed by atoms with Crippen LogP contribution in [0.15, 0.2) is 65.3 Å². The lowest BCUT2D eigenvalue weighted by Gasteiger charge is -2.00. The maximum atomic E-state index is 12.2. The minimum Gasteiger partial charge on any atom is -0.453 e. The van der Waals surface area contributed by atoms with Crippen molar-refractivity contribution in [2.45, 2.75) is 6.61 Å². The Morgan fingerprint density at radius 1 is 1.14 bits per heavy atom. The van der Waals surface area contributed by atoms with Gasteiger partial charge in [-0.2, -0.15) is 0 Å². The van der Waals surface area contributed by atoms with E-state index in [1.165, 1.54) is 18.2 Å². The number of halogens is 1. The van der Waals surface area contributed by atoms with E-state index in [1.807, 2.05) is 0 Å². The first kappa shape index (κ1) is 17.7. The number of ether oxygens (including phenoxy) is 1. The molecular formula is C19H12ClN3O5. The fourth-order valence-electron chi connectivity index (χ4n) is 2.65. The molecule has 3 aromatic heterocycles. The zero-order chi connectivity index (χ0) is 19.7. The SMILES string of the molecule is O=C(OCc1cn2cc(Cl)ccc2n1)c1ccc(-c2ccc([N+](=O)[O-])cc2)o1. The molecule has 0 amide bonds. The number of aromatic nitrogens is 2. The van der Waals surface area contributed by atoms with Crippen LogP contribution in [0.4, 0.5) is 5.69 Å². The van der Waals surface area contributed by atoms with Gasteiger partial charge in [0.2, 0.25) is 5.76 Å². The number of esters is 1. The molecule has 0 N–H and O–H groups in total. The average Bonchev–Trinajstić information content (AvgIpc) is 3.33. The highest BCUT2D eigenvalue weighted by atomic mass is 35.5. The van der Waals surface area contributed by atoms with E-state index in [-0.39, 0.29) is 18.1 Å². The number of carbonyl (C=O) groups excluding carboxylic acids is 1. The van der Waals surface area contributed by atoms with Crippen molar-refractivity contribution in [1.29, 1.82) is 0 Å². The van der Waals surface area contributed by atoms with Gasteiger partial charge in [0.1, 0.15) is 18.0 Å². The third-order valence-corrected chi connectivity index (χ3v) is 4.21. The maximum Gasteiger partial charge on any atom is 0.374 e. The van der Waals surface area contributed by atoms with Gasteiger partial charge in [0.25, 0.3) is 5.69 Å². The fraction of sp³-hybridized carbons (Fsp3) is 0.0526. The Labute approximate surface area is 163 Å². The molecule has 8 nitrogen and oxygen atoms in total. The Bertz CT molecular complexity index is 1180. The number of hydrogen-bond acceptors (Lipinski definition) is 6. The first-order valence-electron chi connectivity index (χ1n) is 8.14. The minimum absolute atomic E-state index is 0.0221. The van der Waals surface area contributed by atoms with E-state index in [0.717, 1.165) is 0 Å². The Balaban J connectivity index is 1.44. The van der Waals surface area contributed by atoms with Gasteiger partial charge in [-0.15, -0.1) is 0 Å². The molecule has 0 unspecified atom stereocenters. The quantitative estimate of drug-likeness (QED) is 0.279. The summed E-state index contributed by atoms with van der Waals surface area (Å²) in [4.78, 5) is 26.8. The number of nitro benzene ring substituents is 1. The second-order valence-corrected chi connectivity index (χ2v) is 6.33. The average molecular weight is 398 g/mol. The zero-order valence-corrected chi connectivity index (χ0v) is 15.0. The van der Waals surface area contributed by atoms with Crippen molar-refractivity contribution in [1.82, 2.24) is 9.38 Å². The minimum atomic E-state index is -0.636. The number of carbonyl (C=O) groups is 1. The van der Waals surface area contributed by atoms with E-state index in [9.17, 15) is 14.9 Å². The number of imidazole rings is 1. The van der Waals surface area contributed by atoms with Crippen LogP contribution in [0.5, 0.6) is 0 Å². The summed E-state index contributed by atoms with van der Waals surface area (Å²) in [7, 11) is 0. The molecule has 0 aliphatic carbocycles. The summed E-state index contributed by atoms with van der Waals surface area (Å²) in [5.41, 5.74) is 1.84. The molecule has 0 atom stereocenters. The fourth-order valence-corrected chi connectivity index (χ4v) is 2.82. The van der Waals surface area contributed by atoms with Gasteiger partial charge in [0, 0.05) is 30.1 Å². The van der Waals surface area contributed by atoms with Crippen molar-refractivity contribution in [3.05, 3.63) is 87.5 Å². The number of hydrogen-bond donors (Lipinski definition) is 0. The molecule has 0 bridgehead atoms. The van der Waals surface area contributed by atoms with Crippen LogP contribution in [0.2, 0.25) is 5.02 Å². The number of nitro groups is 1. The molecule has 0 aliphatic rings. The highest BCUT2D eigenvalue weighted by molar-refractivity contribution is 6.30. The van der Waals surface area contributed by atoms with Gasteiger partial charge in [-0.3, -0.25) is 10.1 Å². The second kappa shape index (κ2) is 7.16. The van der Waals surface area contributed by atoms with Gasteiger partial charge in [0.15, 0.2) is 0 Å². The summed E-state index contributed by atoms with van der Waals surface area (Å²) in [6.45, 7) is -0.0221. The van der Waals surface area contributed by atoms with Crippen LogP contribution in [0.3, 0.4) is 0 Å². The van der Waals surface area contributed by atoms with Crippen LogP contribution < -0.4 is 0 Å². The number of pyridine rings is 1. The molecule has 0 saturated carbocycles. The lowest BCUT2D eigenvalue weighted by Crippen LogP contribution is -2.04. The van der Waals surface area contributed by atoms with Gasteiger partial charge in [-0.25, -0.2) is 9.78 Å². The van der Waals surface area contributed by atoms with E-state index in [1.54, 1.807) is 47.1 Å². The second-order valence-electron chi connectivity index (χ2n) is 5.89. The Morgan fingerprint density at radius 3 is 2.68 bits per heavy atom. The molecule has 0 radical (unpaired) electrons. The van der Waals surface area contributed by atoms with Crippen LogP contribution in [-0.4, -0.2) is 20.3 Å². The largest absolute Gasteiger partial charge is 0.453 e. The highest BCUT2D eigenvalue weighted by Gasteiger charge is 2.15. The smallest absolute Gasteiger partial charge is 0.374 e. The third kappa shape index (κ3) is 3.58. The molecule has 4 aromatic rings. The van der Waals surface area contributed by atoms with E-state index in [4.69, 9.17) is 20.8 Å². The van der Waals surface area contributed by atoms with E-state index in [2.05, 4.69) is 4.98 Å². The van der Waals surface area contributed by atoms with E-state index < -0.39 is 10.9 Å². The highest BCUT2D eigenvalue weighted by Crippen LogP contribution is 2.25. The monoisotopic (exact) mass is 397 g/mol. The summed E-state index contributed by atoms with van der Waals surface area (Å²) in [5.74, 6) is -0.201. The van der Waals surface area contributed by atoms with E-state index >= 15 is 0 Å². The van der Waals surface area contributed by atoms with Gasteiger partial charge in [-0.05, 0) is 36.4 Å². The summed E-state index contributed by atoms with van der Waals surface area (Å²) in [6.07, 6.45) is 3.43. The molecule has 0 aliphatic heterocycles. The molecule has 1 aromatic carbocycles. The van der Waals surface area contributed by atoms with Gasteiger partial charge in [0.05, 0.1) is 15.6 Å². The normalized spacial score (nSPS) is 10.9. The number of non-ortho nitro benzene ring substituents is 1. The lowest BCUT2D eigenvalue weighted by molar-refractivity contribution is -0.384. The van der Waals surface area contributed by atoms with E-state index in [0.29, 0.717) is 27.7 Å². The Kier molecular flexibility index (Phi) is 4.54. The van der Waals surface area contributed by atoms with Crippen molar-refractivity contribution in [3.8, 4) is 11.3 Å². The molecule has 4 rings (SSSR count). The number of furan rings is 1. The number of benzene rings is 1. The van der Waals surface area contributed by atoms with Crippen molar-refractivity contribution in [2.24, 2.45) is 0 Å². The maximum absolute atomic E-state index is 12.2. The molecule has 0 saturated heterocycles. The van der Waals surface area contributed by atoms with Crippen molar-refractivity contribution < 1.29 is 18.9 Å². The predicted molar refractivity (Wildman–Crippen MR) is 100 cm³/mol. The van der Waals surface area contributed by atoms with Gasteiger partial charge < -0.3 is 13.6 Å². The van der Waals surface area contributed by atoms with Crippen molar-refractivity contribution in [2.75, 3.05) is 0 Å². The number of fused-ring (bicyclic) bond motifs is 1. The molecule has 9 heteroatoms. The van der Waals surface area contributed by atoms with Crippen LogP contribution in [-0.2, 0) is 11.3 Å². The van der Waals surface area contributed by atoms with Gasteiger partial charge >= 0.3 is 5.97 Å². The Hall–Kier alpha value is -3.65. The Morgan fingerprint density at radius 2 is 1.93 bits per heavy atom. The summed E-state index contributed by atoms with van der Waals surface area (Å²) in [6, 6.07) is 12.4. The topological polar surface area (TPSA) is 99.9 Å². The molecule has 28 heavy (non-hydrogen) atoms. The number of rotatable bonds is 5. The third-order valence-electron chi connectivity index (χ3n) is 3.99. The van der Waals surface area contributed by atoms with Crippen LogP contribution >= 0.6 is 11.6 Å². The standard InChI is InChI=1S/C19H12ClN3O5/c20-13-3-8-18-21-14(10-22(18)9-13)11-27-19(24)17-7-6-16(28-17)12-1-4-15(5-2-12)23(25)26/h1-10H,11H2. The molecule has 0 fully saturated rings. The lowest BCUT2D eigenvalue weighted by atomic mass is 10.1. The first-order chi connectivity index (χ1) is 13.5. The molecular weight excluding hydrogens is 386 g/mol. The van der Waals surface area contributed by atoms with Crippen LogP contribution in [0.1, 0.15) is 16.2 Å². The summed E-state index contributed by atoms with van der Waals surface area (Å²) >= 11 is 5.93. The summed E-state index contributed by atoms with van der Waals surface area (Å²) in [5, 5.41) is 11.3. The van der Waals surface area contributed by atoms with Gasteiger partial charge in [-0.1, -0.05) is 11.6 Å². The molecule has 140 valence electrons. The molecule has 0 spiro atoms. The zero-order valence-electron chi connectivity index (χ0n) is 14.2. The van der Waals surface area contributed by atoms with Crippen molar-refractivity contribution in [3.63, 3.8) is 0 Å². The predicted octanol–water partition coefficient (Wildman–Crippen LogP) is 4.51. The molecule has 3 heterocycles.